The van der Waals surface area contributed by atoms with Crippen LogP contribution in [0.15, 0.2) is 204 Å². The zero-order chi connectivity index (χ0) is 46.9. The van der Waals surface area contributed by atoms with Crippen LogP contribution in [0, 0.1) is 6.92 Å². The number of aliphatic imine (C=N–C) groups is 3. The zero-order valence-electron chi connectivity index (χ0n) is 39.2. The summed E-state index contributed by atoms with van der Waals surface area (Å²) < 4.78 is 0. The molecule has 0 saturated carbocycles. The molecule has 0 spiro atoms. The molecule has 4 nitrogen and oxygen atoms in total. The summed E-state index contributed by atoms with van der Waals surface area (Å²) in [5.41, 5.74) is 15.4. The number of allylic oxidation sites excluding steroid dienone is 6. The zero-order valence-corrected chi connectivity index (χ0v) is 39.2. The molecular weight excluding hydrogens is 801 g/mol. The number of hydrogen-bond donors (Lipinski definition) is 0. The van der Waals surface area contributed by atoms with Gasteiger partial charge in [-0.15, -0.1) is 0 Å². The lowest BCUT2D eigenvalue weighted by Gasteiger charge is -2.14. The van der Waals surface area contributed by atoms with Gasteiger partial charge in [-0.25, -0.2) is 9.98 Å². The van der Waals surface area contributed by atoms with E-state index in [1.54, 1.807) is 0 Å². The SMILES string of the molecule is C=CC(=NC(C)=C(C)C)c1ccc(C(C=C)=Nc2ccc(-c3ccc4nc(-c5ccc6ccc(=C)c7c(C=C)ccc5c67)ccc4c3)cc2C)c2ccccc12.C=CC1=CN=CCC1.CC. The number of aryl methyl sites for hydroxylation is 1. The van der Waals surface area contributed by atoms with Crippen molar-refractivity contribution in [3.8, 4) is 22.4 Å². The van der Waals surface area contributed by atoms with Crippen molar-refractivity contribution in [2.45, 2.75) is 54.4 Å². The van der Waals surface area contributed by atoms with Crippen molar-refractivity contribution >= 4 is 79.2 Å². The highest BCUT2D eigenvalue weighted by molar-refractivity contribution is 6.23. The number of benzene rings is 7. The monoisotopic (exact) mass is 858 g/mol. The lowest BCUT2D eigenvalue weighted by Crippen LogP contribution is -2.03. The largest absolute Gasteiger partial charge is 0.269 e. The van der Waals surface area contributed by atoms with Gasteiger partial charge in [0, 0.05) is 40.2 Å². The summed E-state index contributed by atoms with van der Waals surface area (Å²) in [5.74, 6) is 0. The molecule has 66 heavy (non-hydrogen) atoms. The van der Waals surface area contributed by atoms with Crippen LogP contribution in [0.3, 0.4) is 0 Å². The molecule has 0 atom stereocenters. The molecule has 9 rings (SSSR count). The Morgan fingerprint density at radius 3 is 1.97 bits per heavy atom. The molecule has 7 aromatic carbocycles. The van der Waals surface area contributed by atoms with Gasteiger partial charge in [0.2, 0.25) is 0 Å². The van der Waals surface area contributed by atoms with Crippen LogP contribution in [0.1, 0.15) is 69.7 Å². The van der Waals surface area contributed by atoms with Crippen molar-refractivity contribution in [1.29, 1.82) is 0 Å². The smallest absolute Gasteiger partial charge is 0.0715 e. The molecule has 0 bridgehead atoms. The summed E-state index contributed by atoms with van der Waals surface area (Å²) in [7, 11) is 0. The van der Waals surface area contributed by atoms with Gasteiger partial charge in [-0.3, -0.25) is 9.98 Å². The number of fused-ring (bicyclic) bond motifs is 2. The third kappa shape index (κ3) is 9.50. The summed E-state index contributed by atoms with van der Waals surface area (Å²) in [6.45, 7) is 32.6. The van der Waals surface area contributed by atoms with E-state index in [2.05, 4.69) is 180 Å². The van der Waals surface area contributed by atoms with Crippen LogP contribution in [0.5, 0.6) is 0 Å². The fourth-order valence-electron chi connectivity index (χ4n) is 8.33. The highest BCUT2D eigenvalue weighted by Crippen LogP contribution is 2.36. The maximum atomic E-state index is 5.16. The number of aromatic nitrogens is 1. The maximum absolute atomic E-state index is 5.16. The molecule has 0 fully saturated rings. The van der Waals surface area contributed by atoms with Gasteiger partial charge in [0.1, 0.15) is 0 Å². The Bertz CT molecular complexity index is 3400. The molecule has 326 valence electrons. The average Bonchev–Trinajstić information content (AvgIpc) is 3.36. The predicted octanol–water partition coefficient (Wildman–Crippen LogP) is 16.7. The number of rotatable bonds is 10. The molecule has 0 aliphatic carbocycles. The summed E-state index contributed by atoms with van der Waals surface area (Å²) in [6, 6.07) is 42.8. The Morgan fingerprint density at radius 1 is 0.652 bits per heavy atom. The number of nitrogens with zero attached hydrogens (tertiary/aromatic N) is 4. The van der Waals surface area contributed by atoms with Crippen molar-refractivity contribution < 1.29 is 0 Å². The highest BCUT2D eigenvalue weighted by Gasteiger charge is 2.15. The predicted molar refractivity (Wildman–Crippen MR) is 292 cm³/mol. The second-order valence-electron chi connectivity index (χ2n) is 16.3. The third-order valence-electron chi connectivity index (χ3n) is 12.0. The Kier molecular flexibility index (Phi) is 14.5. The van der Waals surface area contributed by atoms with E-state index in [1.807, 2.05) is 57.5 Å². The molecule has 1 aromatic heterocycles. The van der Waals surface area contributed by atoms with Crippen LogP contribution >= 0.6 is 0 Å². The summed E-state index contributed by atoms with van der Waals surface area (Å²) in [4.78, 5) is 19.2. The van der Waals surface area contributed by atoms with E-state index < -0.39 is 0 Å². The van der Waals surface area contributed by atoms with Crippen LogP contribution in [0.4, 0.5) is 5.69 Å². The first kappa shape index (κ1) is 46.2. The first-order valence-corrected chi connectivity index (χ1v) is 22.7. The van der Waals surface area contributed by atoms with E-state index in [0.29, 0.717) is 0 Å². The second kappa shape index (κ2) is 20.8. The van der Waals surface area contributed by atoms with Gasteiger partial charge < -0.3 is 0 Å². The van der Waals surface area contributed by atoms with Gasteiger partial charge in [0.05, 0.1) is 28.3 Å². The van der Waals surface area contributed by atoms with Crippen molar-refractivity contribution in [3.05, 3.63) is 216 Å². The van der Waals surface area contributed by atoms with E-state index in [9.17, 15) is 0 Å². The molecule has 0 unspecified atom stereocenters. The molecule has 0 saturated heterocycles. The van der Waals surface area contributed by atoms with Crippen LogP contribution in [0.25, 0.3) is 78.3 Å². The van der Waals surface area contributed by atoms with Crippen molar-refractivity contribution in [2.75, 3.05) is 0 Å². The molecule has 0 radical (unpaired) electrons. The minimum absolute atomic E-state index is 0.812. The summed E-state index contributed by atoms with van der Waals surface area (Å²) >= 11 is 0. The Morgan fingerprint density at radius 2 is 1.33 bits per heavy atom. The topological polar surface area (TPSA) is 50.0 Å². The molecule has 2 heterocycles. The van der Waals surface area contributed by atoms with Gasteiger partial charge in [0.25, 0.3) is 0 Å². The van der Waals surface area contributed by atoms with Crippen LogP contribution < -0.4 is 5.22 Å². The highest BCUT2D eigenvalue weighted by atomic mass is 14.8. The van der Waals surface area contributed by atoms with Crippen molar-refractivity contribution in [1.82, 2.24) is 4.98 Å². The van der Waals surface area contributed by atoms with Gasteiger partial charge >= 0.3 is 0 Å². The minimum atomic E-state index is 0.812. The molecular formula is C62H58N4. The first-order chi connectivity index (χ1) is 32.1. The first-order valence-electron chi connectivity index (χ1n) is 22.7. The van der Waals surface area contributed by atoms with E-state index in [1.165, 1.54) is 27.3 Å². The molecule has 0 N–H and O–H groups in total. The van der Waals surface area contributed by atoms with E-state index >= 15 is 0 Å². The minimum Gasteiger partial charge on any atom is -0.269 e. The Balaban J connectivity index is 0.000000581. The van der Waals surface area contributed by atoms with Gasteiger partial charge in [-0.1, -0.05) is 155 Å². The van der Waals surface area contributed by atoms with Crippen LogP contribution in [-0.2, 0) is 0 Å². The van der Waals surface area contributed by atoms with Crippen molar-refractivity contribution in [3.63, 3.8) is 0 Å². The van der Waals surface area contributed by atoms with E-state index in [-0.39, 0.29) is 0 Å². The molecule has 1 aliphatic heterocycles. The average molecular weight is 859 g/mol. The number of hydrogen-bond acceptors (Lipinski definition) is 4. The Hall–Kier alpha value is -7.82. The fraction of sp³-hybridized carbons (Fsp3) is 0.129. The quantitative estimate of drug-likeness (QED) is 0.126. The van der Waals surface area contributed by atoms with Crippen molar-refractivity contribution in [2.24, 2.45) is 15.0 Å². The molecule has 8 aromatic rings. The van der Waals surface area contributed by atoms with Gasteiger partial charge in [-0.2, -0.15) is 0 Å². The third-order valence-corrected chi connectivity index (χ3v) is 12.0. The standard InChI is InChI=1S/C53H43N3.C7H9N.C2H6/c1-9-36-18-24-46-45(23-19-37-17-16-33(6)52(36)53(37)46)51-29-22-40-31-39(21-28-50(40)56-51)38-20-27-49(34(7)30-38)55-48(11-3)44-26-25-43(41-14-12-13-15-42(41)44)47(10-2)54-35(8)32(4)5;1-2-7-4-3-5-8-6-7;1-2/h9-31H,1-3,6H2,4-5,7-8H3;2,5-6H,1,3-4H2;1-2H3. The normalized spacial score (nSPS) is 12.5. The summed E-state index contributed by atoms with van der Waals surface area (Å²) in [6.07, 6.45) is 13.4. The van der Waals surface area contributed by atoms with Crippen LogP contribution in [-0.4, -0.2) is 22.6 Å². The summed E-state index contributed by atoms with van der Waals surface area (Å²) in [5, 5.41) is 8.98. The van der Waals surface area contributed by atoms with E-state index in [0.717, 1.165) is 113 Å². The molecule has 0 amide bonds. The lowest BCUT2D eigenvalue weighted by molar-refractivity contribution is 1.03. The van der Waals surface area contributed by atoms with Gasteiger partial charge in [0.15, 0.2) is 0 Å². The van der Waals surface area contributed by atoms with E-state index in [4.69, 9.17) is 15.0 Å². The number of pyridine rings is 1. The Labute approximate surface area is 390 Å². The lowest BCUT2D eigenvalue weighted by atomic mass is 9.91. The maximum Gasteiger partial charge on any atom is 0.0715 e. The molecule has 4 heteroatoms. The second-order valence-corrected chi connectivity index (χ2v) is 16.3. The molecule has 1 aliphatic rings. The van der Waals surface area contributed by atoms with Gasteiger partial charge in [-0.05, 0) is 148 Å². The fourth-order valence-corrected chi connectivity index (χ4v) is 8.33. The van der Waals surface area contributed by atoms with Crippen LogP contribution in [0.2, 0.25) is 0 Å².